The van der Waals surface area contributed by atoms with E-state index in [4.69, 9.17) is 4.74 Å². The molecule has 1 atom stereocenters. The number of fused-ring (bicyclic) bond motifs is 2. The first-order valence-corrected chi connectivity index (χ1v) is 8.18. The summed E-state index contributed by atoms with van der Waals surface area (Å²) in [5, 5.41) is 0.681. The fourth-order valence-corrected chi connectivity index (χ4v) is 4.30. The molecule has 24 heavy (non-hydrogen) atoms. The number of carbonyl (C=O) groups is 2. The summed E-state index contributed by atoms with van der Waals surface area (Å²) in [5.41, 5.74) is 2.13. The average Bonchev–Trinajstić information content (AvgIpc) is 2.44. The third-order valence-electron chi connectivity index (χ3n) is 5.14. The smallest absolute Gasteiger partial charge is 0.319 e. The van der Waals surface area contributed by atoms with Gasteiger partial charge in [0.2, 0.25) is 0 Å². The number of carbonyl (C=O) groups excluding carboxylic acids is 2. The predicted molar refractivity (Wildman–Crippen MR) is 89.9 cm³/mol. The van der Waals surface area contributed by atoms with Crippen molar-refractivity contribution in [3.63, 3.8) is 0 Å². The summed E-state index contributed by atoms with van der Waals surface area (Å²) >= 11 is 0. The van der Waals surface area contributed by atoms with Gasteiger partial charge < -0.3 is 9.30 Å². The molecular formula is C19H19NO4. The van der Waals surface area contributed by atoms with Gasteiger partial charge in [-0.15, -0.1) is 0 Å². The molecule has 2 aliphatic rings. The van der Waals surface area contributed by atoms with Gasteiger partial charge in [0.05, 0.1) is 5.52 Å². The second-order valence-corrected chi connectivity index (χ2v) is 7.59. The number of ketones is 1. The van der Waals surface area contributed by atoms with Gasteiger partial charge in [-0.2, -0.15) is 0 Å². The summed E-state index contributed by atoms with van der Waals surface area (Å²) in [6.07, 6.45) is 0.439. The molecule has 0 amide bonds. The van der Waals surface area contributed by atoms with Crippen molar-refractivity contribution >= 4 is 22.7 Å². The summed E-state index contributed by atoms with van der Waals surface area (Å²) in [5.74, 6) is -0.634. The van der Waals surface area contributed by atoms with Crippen LogP contribution in [0.5, 0.6) is 5.75 Å². The Morgan fingerprint density at radius 1 is 1.21 bits per heavy atom. The van der Waals surface area contributed by atoms with Crippen LogP contribution < -0.4 is 10.3 Å². The van der Waals surface area contributed by atoms with Crippen molar-refractivity contribution in [3.8, 4) is 5.75 Å². The third kappa shape index (κ3) is 1.84. The summed E-state index contributed by atoms with van der Waals surface area (Å²) in [6.45, 7) is 8.13. The minimum Gasteiger partial charge on any atom is -0.424 e. The second-order valence-electron chi connectivity index (χ2n) is 7.59. The van der Waals surface area contributed by atoms with Crippen LogP contribution in [0, 0.1) is 6.92 Å². The monoisotopic (exact) mass is 325 g/mol. The molecule has 3 heterocycles. The fourth-order valence-electron chi connectivity index (χ4n) is 4.30. The van der Waals surface area contributed by atoms with Crippen molar-refractivity contribution < 1.29 is 14.3 Å². The molecule has 0 radical (unpaired) electrons. The lowest BCUT2D eigenvalue weighted by atomic mass is 9.80. The molecule has 5 nitrogen and oxygen atoms in total. The van der Waals surface area contributed by atoms with Crippen molar-refractivity contribution in [1.82, 2.24) is 4.57 Å². The summed E-state index contributed by atoms with van der Waals surface area (Å²) in [7, 11) is 0. The van der Waals surface area contributed by atoms with Crippen LogP contribution in [0.3, 0.4) is 0 Å². The number of Topliss-reactive ketones (excluding diaryl/α,β-unsaturated/α-hetero) is 1. The van der Waals surface area contributed by atoms with E-state index in [9.17, 15) is 14.4 Å². The molecule has 0 bridgehead atoms. The van der Waals surface area contributed by atoms with E-state index in [0.717, 1.165) is 23.1 Å². The molecule has 0 saturated carbocycles. The Morgan fingerprint density at radius 2 is 1.92 bits per heavy atom. The molecule has 0 aliphatic carbocycles. The minimum atomic E-state index is -0.599. The highest BCUT2D eigenvalue weighted by Gasteiger charge is 2.39. The molecule has 124 valence electrons. The number of ether oxygens (including phenoxy) is 1. The van der Waals surface area contributed by atoms with Crippen LogP contribution in [0.15, 0.2) is 16.9 Å². The number of hydrogen-bond donors (Lipinski definition) is 0. The number of aryl methyl sites for hydroxylation is 1. The normalized spacial score (nSPS) is 21.6. The van der Waals surface area contributed by atoms with Gasteiger partial charge in [0.25, 0.3) is 5.56 Å². The second kappa shape index (κ2) is 4.56. The minimum absolute atomic E-state index is 0.0151. The molecular weight excluding hydrogens is 306 g/mol. The summed E-state index contributed by atoms with van der Waals surface area (Å²) in [4.78, 5) is 37.3. The predicted octanol–water partition coefficient (Wildman–Crippen LogP) is 3.04. The molecule has 0 unspecified atom stereocenters. The molecule has 4 rings (SSSR count). The van der Waals surface area contributed by atoms with E-state index in [-0.39, 0.29) is 29.2 Å². The van der Waals surface area contributed by atoms with Crippen LogP contribution in [0.2, 0.25) is 0 Å². The van der Waals surface area contributed by atoms with Crippen LogP contribution >= 0.6 is 0 Å². The van der Waals surface area contributed by atoms with Gasteiger partial charge in [-0.25, -0.2) is 0 Å². The lowest BCUT2D eigenvalue weighted by molar-refractivity contribution is -0.133. The van der Waals surface area contributed by atoms with E-state index in [1.54, 1.807) is 4.57 Å². The van der Waals surface area contributed by atoms with Crippen LogP contribution in [-0.2, 0) is 10.3 Å². The van der Waals surface area contributed by atoms with Gasteiger partial charge in [0.15, 0.2) is 11.5 Å². The summed E-state index contributed by atoms with van der Waals surface area (Å²) < 4.78 is 7.09. The highest BCUT2D eigenvalue weighted by molar-refractivity contribution is 6.14. The Balaban J connectivity index is 2.29. The molecule has 2 aliphatic heterocycles. The van der Waals surface area contributed by atoms with Crippen LogP contribution in [-0.4, -0.2) is 16.3 Å². The average molecular weight is 325 g/mol. The lowest BCUT2D eigenvalue weighted by Crippen LogP contribution is -2.44. The zero-order valence-corrected chi connectivity index (χ0v) is 14.2. The van der Waals surface area contributed by atoms with Gasteiger partial charge in [0, 0.05) is 10.9 Å². The van der Waals surface area contributed by atoms with Crippen molar-refractivity contribution in [2.75, 3.05) is 0 Å². The van der Waals surface area contributed by atoms with Gasteiger partial charge in [0.1, 0.15) is 12.0 Å². The maximum atomic E-state index is 13.1. The van der Waals surface area contributed by atoms with Gasteiger partial charge >= 0.3 is 5.97 Å². The molecule has 2 aromatic rings. The first-order valence-electron chi connectivity index (χ1n) is 8.18. The van der Waals surface area contributed by atoms with E-state index in [0.29, 0.717) is 5.39 Å². The Bertz CT molecular complexity index is 997. The molecule has 1 aromatic carbocycles. The molecule has 5 heteroatoms. The summed E-state index contributed by atoms with van der Waals surface area (Å²) in [6, 6.07) is 3.98. The maximum Gasteiger partial charge on any atom is 0.319 e. The van der Waals surface area contributed by atoms with Crippen molar-refractivity contribution in [3.05, 3.63) is 39.2 Å². The van der Waals surface area contributed by atoms with Crippen molar-refractivity contribution in [2.45, 2.75) is 52.0 Å². The first-order chi connectivity index (χ1) is 11.2. The number of aromatic nitrogens is 1. The van der Waals surface area contributed by atoms with Crippen LogP contribution in [0.1, 0.15) is 61.0 Å². The number of hydrogen-bond acceptors (Lipinski definition) is 4. The Morgan fingerprint density at radius 3 is 2.62 bits per heavy atom. The highest BCUT2D eigenvalue weighted by Crippen LogP contribution is 2.44. The van der Waals surface area contributed by atoms with E-state index >= 15 is 0 Å². The Labute approximate surface area is 139 Å². The van der Waals surface area contributed by atoms with Gasteiger partial charge in [-0.1, -0.05) is 13.0 Å². The molecule has 0 spiro atoms. The van der Waals surface area contributed by atoms with Crippen LogP contribution in [0.4, 0.5) is 0 Å². The Kier molecular flexibility index (Phi) is 2.87. The third-order valence-corrected chi connectivity index (χ3v) is 5.14. The molecule has 0 fully saturated rings. The van der Waals surface area contributed by atoms with E-state index in [1.807, 2.05) is 26.8 Å². The zero-order valence-electron chi connectivity index (χ0n) is 14.2. The van der Waals surface area contributed by atoms with Gasteiger partial charge in [-0.05, 0) is 50.3 Å². The van der Waals surface area contributed by atoms with Gasteiger partial charge in [-0.3, -0.25) is 14.4 Å². The van der Waals surface area contributed by atoms with Crippen LogP contribution in [0.25, 0.3) is 10.9 Å². The lowest BCUT2D eigenvalue weighted by Gasteiger charge is -2.39. The number of benzene rings is 1. The van der Waals surface area contributed by atoms with E-state index in [1.165, 1.54) is 0 Å². The standard InChI is InChI=1S/C19H19NO4/c1-9-5-11-10(2)8-19(3,4)20-16(11)12(6-9)17-15(18(20)23)13(21)7-14(22)24-17/h5-6,10H,7-8H2,1-4H3/t10-/m0/s1. The van der Waals surface area contributed by atoms with E-state index in [2.05, 4.69) is 13.0 Å². The quantitative estimate of drug-likeness (QED) is 0.551. The SMILES string of the molecule is Cc1cc2c3c(c1)c1c(c(=O)n3C(C)(C)C[C@@H]2C)C(=O)CC(=O)O1. The Hall–Kier alpha value is -2.43. The zero-order chi connectivity index (χ0) is 17.4. The highest BCUT2D eigenvalue weighted by atomic mass is 16.5. The topological polar surface area (TPSA) is 65.4 Å². The number of rotatable bonds is 0. The first kappa shape index (κ1) is 15.1. The maximum absolute atomic E-state index is 13.1. The number of pyridine rings is 1. The number of esters is 1. The molecule has 0 N–H and O–H groups in total. The molecule has 0 saturated heterocycles. The molecule has 1 aromatic heterocycles. The largest absolute Gasteiger partial charge is 0.424 e. The number of nitrogens with zero attached hydrogens (tertiary/aromatic N) is 1. The van der Waals surface area contributed by atoms with E-state index < -0.39 is 17.3 Å². The van der Waals surface area contributed by atoms with Crippen molar-refractivity contribution in [2.24, 2.45) is 0 Å². The van der Waals surface area contributed by atoms with Crippen molar-refractivity contribution in [1.29, 1.82) is 0 Å². The fraction of sp³-hybridized carbons (Fsp3) is 0.421.